The molecule has 13 heteroatoms. The molecule has 1 aliphatic heterocycles. The van der Waals surface area contributed by atoms with Crippen molar-refractivity contribution in [2.45, 2.75) is 77.1 Å². The van der Waals surface area contributed by atoms with E-state index < -0.39 is 23.5 Å². The molecule has 0 bridgehead atoms. The molecule has 2 unspecified atom stereocenters. The molecular formula is C31H37F2N7O3S. The standard InChI is InChI=1S/C27H25F2N7O3S.2C2H6/c1-39-21-13-30-20(25(28)29)10-17(21)16-11-22(36-24(37)9-15-3-2-4-19(15)35-36)31-12-18(16)26(38)32-27-34-33-23(40-27)8-7-14-5-6-14;2*1-2/h9-14,23,25,27,33-34H,2-6H2,1H3,(H,32,38);2*1-2H3. The third-order valence-corrected chi connectivity index (χ3v) is 7.82. The number of fused-ring (bicyclic) bond motifs is 1. The molecule has 1 saturated heterocycles. The lowest BCUT2D eigenvalue weighted by atomic mass is 10.00. The first-order valence-corrected chi connectivity index (χ1v) is 15.8. The lowest BCUT2D eigenvalue weighted by Crippen LogP contribution is -2.43. The van der Waals surface area contributed by atoms with E-state index in [1.165, 1.54) is 54.1 Å². The van der Waals surface area contributed by atoms with E-state index >= 15 is 0 Å². The number of nitrogens with zero attached hydrogens (tertiary/aromatic N) is 4. The summed E-state index contributed by atoms with van der Waals surface area (Å²) in [6.45, 7) is 8.00. The summed E-state index contributed by atoms with van der Waals surface area (Å²) in [5.41, 5.74) is 6.92. The maximum absolute atomic E-state index is 13.6. The van der Waals surface area contributed by atoms with Gasteiger partial charge in [-0.15, -0.1) is 0 Å². The zero-order chi connectivity index (χ0) is 31.8. The van der Waals surface area contributed by atoms with Gasteiger partial charge < -0.3 is 10.1 Å². The first kappa shape index (κ1) is 33.0. The van der Waals surface area contributed by atoms with Crippen LogP contribution in [0.3, 0.4) is 0 Å². The lowest BCUT2D eigenvalue weighted by Gasteiger charge is -2.17. The Morgan fingerprint density at radius 2 is 1.84 bits per heavy atom. The average Bonchev–Trinajstić information content (AvgIpc) is 3.60. The van der Waals surface area contributed by atoms with Gasteiger partial charge in [0, 0.05) is 29.3 Å². The first-order chi connectivity index (χ1) is 21.4. The van der Waals surface area contributed by atoms with Crippen LogP contribution in [0.15, 0.2) is 35.4 Å². The molecule has 3 aromatic heterocycles. The highest BCUT2D eigenvalue weighted by molar-refractivity contribution is 8.00. The Kier molecular flexibility index (Phi) is 11.4. The van der Waals surface area contributed by atoms with E-state index in [1.54, 1.807) is 0 Å². The number of ether oxygens (including phenoxy) is 1. The SMILES string of the molecule is CC.CC.COc1cnc(C(F)F)cc1-c1cc(-n2nc3c(cc2=O)CCC3)ncc1C(=O)NC1NNC(C#CC2CC2)S1. The Balaban J connectivity index is 0.00000106. The van der Waals surface area contributed by atoms with E-state index in [2.05, 4.69) is 43.1 Å². The molecule has 10 nitrogen and oxygen atoms in total. The van der Waals surface area contributed by atoms with Gasteiger partial charge in [-0.2, -0.15) is 9.78 Å². The third-order valence-electron chi connectivity index (χ3n) is 6.81. The zero-order valence-corrected chi connectivity index (χ0v) is 26.2. The second-order valence-corrected chi connectivity index (χ2v) is 10.9. The van der Waals surface area contributed by atoms with Crippen molar-refractivity contribution < 1.29 is 18.3 Å². The minimum Gasteiger partial charge on any atom is -0.494 e. The molecule has 44 heavy (non-hydrogen) atoms. The number of aromatic nitrogens is 4. The summed E-state index contributed by atoms with van der Waals surface area (Å²) in [6, 6.07) is 4.19. The van der Waals surface area contributed by atoms with Gasteiger partial charge in [-0.25, -0.2) is 24.6 Å². The lowest BCUT2D eigenvalue weighted by molar-refractivity contribution is 0.0945. The fourth-order valence-corrected chi connectivity index (χ4v) is 5.45. The number of halogens is 2. The van der Waals surface area contributed by atoms with Crippen molar-refractivity contribution in [1.29, 1.82) is 0 Å². The third kappa shape index (κ3) is 7.61. The van der Waals surface area contributed by atoms with Crippen LogP contribution in [-0.2, 0) is 12.8 Å². The van der Waals surface area contributed by atoms with Crippen LogP contribution < -0.4 is 26.5 Å². The van der Waals surface area contributed by atoms with Gasteiger partial charge in [-0.3, -0.25) is 14.6 Å². The number of hydrogen-bond donors (Lipinski definition) is 3. The largest absolute Gasteiger partial charge is 0.494 e. The number of aryl methyl sites for hydroxylation is 2. The van der Waals surface area contributed by atoms with E-state index in [9.17, 15) is 18.4 Å². The maximum atomic E-state index is 13.6. The predicted molar refractivity (Wildman–Crippen MR) is 166 cm³/mol. The molecule has 1 amide bonds. The first-order valence-electron chi connectivity index (χ1n) is 14.8. The van der Waals surface area contributed by atoms with E-state index in [4.69, 9.17) is 4.74 Å². The highest BCUT2D eigenvalue weighted by Crippen LogP contribution is 2.35. The Morgan fingerprint density at radius 1 is 1.07 bits per heavy atom. The van der Waals surface area contributed by atoms with Gasteiger partial charge in [0.25, 0.3) is 17.9 Å². The molecule has 3 aliphatic rings. The molecule has 2 aliphatic carbocycles. The molecular weight excluding hydrogens is 588 g/mol. The van der Waals surface area contributed by atoms with E-state index in [0.717, 1.165) is 43.4 Å². The van der Waals surface area contributed by atoms with Crippen molar-refractivity contribution in [2.24, 2.45) is 5.92 Å². The zero-order valence-electron chi connectivity index (χ0n) is 25.4. The Morgan fingerprint density at radius 3 is 2.55 bits per heavy atom. The van der Waals surface area contributed by atoms with Crippen LogP contribution in [0.2, 0.25) is 0 Å². The minimum absolute atomic E-state index is 0.0950. The van der Waals surface area contributed by atoms with Crippen molar-refractivity contribution in [3.63, 3.8) is 0 Å². The van der Waals surface area contributed by atoms with Crippen LogP contribution in [-0.4, -0.2) is 43.6 Å². The molecule has 0 aromatic carbocycles. The number of thioether (sulfide) groups is 1. The van der Waals surface area contributed by atoms with Crippen LogP contribution in [0.5, 0.6) is 5.75 Å². The topological polar surface area (TPSA) is 123 Å². The van der Waals surface area contributed by atoms with E-state index in [-0.39, 0.29) is 39.2 Å². The van der Waals surface area contributed by atoms with Crippen LogP contribution in [0.25, 0.3) is 16.9 Å². The van der Waals surface area contributed by atoms with Gasteiger partial charge in [-0.1, -0.05) is 51.3 Å². The number of pyridine rings is 2. The van der Waals surface area contributed by atoms with Crippen LogP contribution in [0.4, 0.5) is 8.78 Å². The van der Waals surface area contributed by atoms with Crippen LogP contribution in [0.1, 0.15) is 80.7 Å². The second kappa shape index (κ2) is 15.2. The summed E-state index contributed by atoms with van der Waals surface area (Å²) in [4.78, 5) is 34.5. The molecule has 2 fully saturated rings. The summed E-state index contributed by atoms with van der Waals surface area (Å²) >= 11 is 1.39. The molecule has 0 radical (unpaired) electrons. The molecule has 3 aromatic rings. The highest BCUT2D eigenvalue weighted by atomic mass is 32.2. The minimum atomic E-state index is -2.84. The summed E-state index contributed by atoms with van der Waals surface area (Å²) in [6.07, 6.45) is 4.30. The smallest absolute Gasteiger partial charge is 0.280 e. The number of alkyl halides is 2. The van der Waals surface area contributed by atoms with Crippen molar-refractivity contribution in [2.75, 3.05) is 7.11 Å². The number of methoxy groups -OCH3 is 1. The maximum Gasteiger partial charge on any atom is 0.280 e. The van der Waals surface area contributed by atoms with Gasteiger partial charge in [-0.05, 0) is 49.8 Å². The number of hydrogen-bond acceptors (Lipinski definition) is 9. The molecule has 4 heterocycles. The molecule has 0 spiro atoms. The second-order valence-electron chi connectivity index (χ2n) is 9.64. The normalized spacial score (nSPS) is 18.2. The fourth-order valence-electron chi connectivity index (χ4n) is 4.59. The van der Waals surface area contributed by atoms with Crippen molar-refractivity contribution >= 4 is 17.7 Å². The summed E-state index contributed by atoms with van der Waals surface area (Å²) < 4.78 is 33.8. The molecule has 1 saturated carbocycles. The predicted octanol–water partition coefficient (Wildman–Crippen LogP) is 4.77. The van der Waals surface area contributed by atoms with Crippen molar-refractivity contribution in [1.82, 2.24) is 35.9 Å². The summed E-state index contributed by atoms with van der Waals surface area (Å²) in [5.74, 6) is 6.60. The number of amides is 1. The van der Waals surface area contributed by atoms with E-state index in [1.807, 2.05) is 27.7 Å². The average molecular weight is 626 g/mol. The van der Waals surface area contributed by atoms with Crippen LogP contribution >= 0.6 is 11.8 Å². The number of carbonyl (C=O) groups excluding carboxylic acids is 1. The Bertz CT molecular complexity index is 1600. The van der Waals surface area contributed by atoms with E-state index in [0.29, 0.717) is 5.92 Å². The summed E-state index contributed by atoms with van der Waals surface area (Å²) in [5, 5.41) is 7.16. The van der Waals surface area contributed by atoms with Gasteiger partial charge in [0.2, 0.25) is 0 Å². The molecule has 2 atom stereocenters. The van der Waals surface area contributed by atoms with Gasteiger partial charge in [0.1, 0.15) is 22.3 Å². The van der Waals surface area contributed by atoms with Crippen LogP contribution in [0, 0.1) is 17.8 Å². The molecule has 6 rings (SSSR count). The number of carbonyl (C=O) groups is 1. The van der Waals surface area contributed by atoms with Gasteiger partial charge in [0.15, 0.2) is 5.82 Å². The van der Waals surface area contributed by atoms with Gasteiger partial charge >= 0.3 is 0 Å². The highest BCUT2D eigenvalue weighted by Gasteiger charge is 2.28. The van der Waals surface area contributed by atoms with Crippen molar-refractivity contribution in [3.8, 4) is 34.5 Å². The number of nitrogens with one attached hydrogen (secondary N) is 3. The van der Waals surface area contributed by atoms with Crippen molar-refractivity contribution in [3.05, 3.63) is 63.5 Å². The number of rotatable bonds is 6. The summed E-state index contributed by atoms with van der Waals surface area (Å²) in [7, 11) is 1.38. The number of hydrazine groups is 1. The Hall–Kier alpha value is -3.86. The molecule has 3 N–H and O–H groups in total. The molecule has 234 valence electrons. The monoisotopic (exact) mass is 625 g/mol. The van der Waals surface area contributed by atoms with Gasteiger partial charge in [0.05, 0.1) is 24.6 Å². The fraction of sp³-hybridized carbons (Fsp3) is 0.452. The Labute approximate surface area is 259 Å². The quantitative estimate of drug-likeness (QED) is 0.333.